The van der Waals surface area contributed by atoms with E-state index in [4.69, 9.17) is 0 Å². The summed E-state index contributed by atoms with van der Waals surface area (Å²) in [7, 11) is 3.70. The van der Waals surface area contributed by atoms with Crippen molar-refractivity contribution in [1.82, 2.24) is 14.3 Å². The van der Waals surface area contributed by atoms with Crippen LogP contribution in [0.5, 0.6) is 0 Å². The van der Waals surface area contributed by atoms with E-state index in [0.717, 1.165) is 20.3 Å². The van der Waals surface area contributed by atoms with Gasteiger partial charge in [-0.25, -0.2) is 0 Å². The van der Waals surface area contributed by atoms with Crippen molar-refractivity contribution in [2.45, 2.75) is 6.92 Å². The molecule has 3 aromatic rings. The van der Waals surface area contributed by atoms with Crippen LogP contribution in [0.3, 0.4) is 0 Å². The van der Waals surface area contributed by atoms with Crippen LogP contribution in [0.15, 0.2) is 33.9 Å². The van der Waals surface area contributed by atoms with Crippen LogP contribution in [0, 0.1) is 6.92 Å². The monoisotopic (exact) mass is 364 g/mol. The van der Waals surface area contributed by atoms with Gasteiger partial charge in [0.2, 0.25) is 0 Å². The fraction of sp³-hybridized carbons (Fsp3) is 0.214. The number of aryl methyl sites for hydroxylation is 3. The normalized spacial score (nSPS) is 12.3. The Kier molecular flexibility index (Phi) is 3.54. The summed E-state index contributed by atoms with van der Waals surface area (Å²) in [6.45, 7) is 1.86. The van der Waals surface area contributed by atoms with Crippen LogP contribution in [-0.4, -0.2) is 20.3 Å². The summed E-state index contributed by atoms with van der Waals surface area (Å²) in [4.78, 5) is 17.2. The molecule has 3 rings (SSSR count). The molecule has 2 aromatic heterocycles. The van der Waals surface area contributed by atoms with Crippen LogP contribution in [0.4, 0.5) is 0 Å². The lowest BCUT2D eigenvalue weighted by molar-refractivity contribution is 0.0992. The number of halogens is 1. The molecule has 2 heterocycles. The Hall–Kier alpha value is -1.73. The minimum Gasteiger partial charge on any atom is -0.318 e. The molecule has 7 heteroatoms. The molecule has 0 saturated carbocycles. The van der Waals surface area contributed by atoms with Crippen LogP contribution in [-0.2, 0) is 14.1 Å². The van der Waals surface area contributed by atoms with Gasteiger partial charge in [0.05, 0.1) is 10.2 Å². The Morgan fingerprint density at radius 3 is 2.76 bits per heavy atom. The first-order chi connectivity index (χ1) is 9.97. The first-order valence-corrected chi connectivity index (χ1v) is 7.91. The third-order valence-electron chi connectivity index (χ3n) is 3.18. The summed E-state index contributed by atoms with van der Waals surface area (Å²) in [6, 6.07) is 5.96. The molecule has 0 unspecified atom stereocenters. The number of nitrogens with zero attached hydrogens (tertiary/aromatic N) is 4. The van der Waals surface area contributed by atoms with Gasteiger partial charge >= 0.3 is 0 Å². The molecule has 0 aliphatic rings. The Bertz CT molecular complexity index is 919. The SMILES string of the molecule is Cc1cn(C)nc1C(=O)N=c1sc2cccc(Br)c2n1C. The van der Waals surface area contributed by atoms with E-state index >= 15 is 0 Å². The van der Waals surface area contributed by atoms with Crippen molar-refractivity contribution < 1.29 is 4.79 Å². The first-order valence-electron chi connectivity index (χ1n) is 6.30. The minimum absolute atomic E-state index is 0.314. The van der Waals surface area contributed by atoms with E-state index in [9.17, 15) is 4.79 Å². The average molecular weight is 365 g/mol. The highest BCUT2D eigenvalue weighted by molar-refractivity contribution is 9.10. The number of aromatic nitrogens is 3. The highest BCUT2D eigenvalue weighted by Gasteiger charge is 2.13. The third-order valence-corrected chi connectivity index (χ3v) is 4.92. The second kappa shape index (κ2) is 5.23. The topological polar surface area (TPSA) is 52.2 Å². The molecule has 21 heavy (non-hydrogen) atoms. The molecule has 1 aromatic carbocycles. The summed E-state index contributed by atoms with van der Waals surface area (Å²) in [5, 5.41) is 4.17. The molecular weight excluding hydrogens is 352 g/mol. The van der Waals surface area contributed by atoms with Crippen molar-refractivity contribution in [3.05, 3.63) is 44.9 Å². The number of carbonyl (C=O) groups excluding carboxylic acids is 1. The second-order valence-corrected chi connectivity index (χ2v) is 6.65. The molecule has 0 saturated heterocycles. The molecule has 0 aliphatic heterocycles. The summed E-state index contributed by atoms with van der Waals surface area (Å²) in [6.07, 6.45) is 1.81. The number of para-hydroxylation sites is 1. The van der Waals surface area contributed by atoms with Gasteiger partial charge in [0, 0.05) is 30.3 Å². The largest absolute Gasteiger partial charge is 0.318 e. The lowest BCUT2D eigenvalue weighted by atomic mass is 10.3. The Balaban J connectivity index is 2.16. The van der Waals surface area contributed by atoms with Crippen molar-refractivity contribution >= 4 is 43.4 Å². The summed E-state index contributed by atoms with van der Waals surface area (Å²) < 4.78 is 5.61. The smallest absolute Gasteiger partial charge is 0.300 e. The van der Waals surface area contributed by atoms with Crippen molar-refractivity contribution in [2.24, 2.45) is 19.1 Å². The number of benzene rings is 1. The molecule has 0 fully saturated rings. The number of hydrogen-bond acceptors (Lipinski definition) is 3. The van der Waals surface area contributed by atoms with Gasteiger partial charge < -0.3 is 4.57 Å². The summed E-state index contributed by atoms with van der Waals surface area (Å²) in [5.74, 6) is -0.314. The molecule has 0 aliphatic carbocycles. The maximum Gasteiger partial charge on any atom is 0.300 e. The number of rotatable bonds is 1. The molecule has 108 valence electrons. The molecule has 0 spiro atoms. The predicted octanol–water partition coefficient (Wildman–Crippen LogP) is 2.79. The lowest BCUT2D eigenvalue weighted by Crippen LogP contribution is -2.14. The van der Waals surface area contributed by atoms with E-state index in [2.05, 4.69) is 26.0 Å². The molecule has 0 N–H and O–H groups in total. The van der Waals surface area contributed by atoms with E-state index in [-0.39, 0.29) is 5.91 Å². The van der Waals surface area contributed by atoms with E-state index in [1.54, 1.807) is 11.7 Å². The van der Waals surface area contributed by atoms with Gasteiger partial charge in [-0.1, -0.05) is 17.4 Å². The maximum atomic E-state index is 12.3. The van der Waals surface area contributed by atoms with Crippen LogP contribution >= 0.6 is 27.3 Å². The number of thiazole rings is 1. The highest BCUT2D eigenvalue weighted by atomic mass is 79.9. The lowest BCUT2D eigenvalue weighted by Gasteiger charge is -1.97. The van der Waals surface area contributed by atoms with Gasteiger partial charge in [-0.05, 0) is 35.0 Å². The zero-order valence-electron chi connectivity index (χ0n) is 11.8. The third kappa shape index (κ3) is 2.47. The highest BCUT2D eigenvalue weighted by Crippen LogP contribution is 2.24. The average Bonchev–Trinajstić information content (AvgIpc) is 2.91. The van der Waals surface area contributed by atoms with Gasteiger partial charge in [-0.2, -0.15) is 10.1 Å². The van der Waals surface area contributed by atoms with Crippen LogP contribution in [0.2, 0.25) is 0 Å². The van der Waals surface area contributed by atoms with E-state index in [0.29, 0.717) is 10.5 Å². The Morgan fingerprint density at radius 1 is 1.38 bits per heavy atom. The van der Waals surface area contributed by atoms with Crippen molar-refractivity contribution in [3.8, 4) is 0 Å². The maximum absolute atomic E-state index is 12.3. The quantitative estimate of drug-likeness (QED) is 0.666. The molecule has 0 atom stereocenters. The molecule has 0 bridgehead atoms. The Labute approximate surface area is 133 Å². The van der Waals surface area contributed by atoms with Crippen molar-refractivity contribution in [3.63, 3.8) is 0 Å². The molecule has 1 amide bonds. The minimum atomic E-state index is -0.314. The number of carbonyl (C=O) groups is 1. The fourth-order valence-corrected chi connectivity index (χ4v) is 4.03. The number of amides is 1. The summed E-state index contributed by atoms with van der Waals surface area (Å²) in [5.41, 5.74) is 2.26. The van der Waals surface area contributed by atoms with E-state index in [1.165, 1.54) is 11.3 Å². The van der Waals surface area contributed by atoms with Gasteiger partial charge in [-0.3, -0.25) is 9.48 Å². The molecular formula is C14H13BrN4OS. The zero-order valence-corrected chi connectivity index (χ0v) is 14.2. The first kappa shape index (κ1) is 14.2. The number of fused-ring (bicyclic) bond motifs is 1. The van der Waals surface area contributed by atoms with Crippen molar-refractivity contribution in [2.75, 3.05) is 0 Å². The molecule has 5 nitrogen and oxygen atoms in total. The van der Waals surface area contributed by atoms with Gasteiger partial charge in [0.25, 0.3) is 5.91 Å². The van der Waals surface area contributed by atoms with Gasteiger partial charge in [0.1, 0.15) is 0 Å². The second-order valence-electron chi connectivity index (χ2n) is 4.78. The van der Waals surface area contributed by atoms with Crippen LogP contribution < -0.4 is 4.80 Å². The van der Waals surface area contributed by atoms with Crippen LogP contribution in [0.1, 0.15) is 16.1 Å². The number of hydrogen-bond donors (Lipinski definition) is 0. The predicted molar refractivity (Wildman–Crippen MR) is 86.3 cm³/mol. The fourth-order valence-electron chi connectivity index (χ4n) is 2.22. The van der Waals surface area contributed by atoms with Crippen LogP contribution in [0.25, 0.3) is 10.2 Å². The summed E-state index contributed by atoms with van der Waals surface area (Å²) >= 11 is 5.02. The standard InChI is InChI=1S/C14H13BrN4OS/c1-8-7-18(2)17-11(8)13(20)16-14-19(3)12-9(15)5-4-6-10(12)21-14/h4-7H,1-3H3. The van der Waals surface area contributed by atoms with Crippen molar-refractivity contribution in [1.29, 1.82) is 0 Å². The van der Waals surface area contributed by atoms with E-state index in [1.807, 2.05) is 42.9 Å². The molecule has 0 radical (unpaired) electrons. The zero-order chi connectivity index (χ0) is 15.1. The van der Waals surface area contributed by atoms with E-state index < -0.39 is 0 Å². The Morgan fingerprint density at radius 2 is 2.14 bits per heavy atom. The van der Waals surface area contributed by atoms with Gasteiger partial charge in [-0.15, -0.1) is 0 Å². The van der Waals surface area contributed by atoms with Gasteiger partial charge in [0.15, 0.2) is 10.5 Å².